The molecule has 2 N–H and O–H groups in total. The quantitative estimate of drug-likeness (QED) is 0.513. The van der Waals surface area contributed by atoms with Crippen molar-refractivity contribution in [1.82, 2.24) is 14.5 Å². The molecular formula is C24H25N3O7S. The molecule has 5 rings (SSSR count). The minimum atomic E-state index is -0.648. The molecule has 1 atom stereocenters. The van der Waals surface area contributed by atoms with Gasteiger partial charge in [-0.25, -0.2) is 0 Å². The summed E-state index contributed by atoms with van der Waals surface area (Å²) in [5.74, 6) is 2.20. The van der Waals surface area contributed by atoms with Gasteiger partial charge in [0.05, 0.1) is 38.6 Å². The summed E-state index contributed by atoms with van der Waals surface area (Å²) in [6.07, 6.45) is 0.705. The average molecular weight is 500 g/mol. The molecule has 1 aromatic heterocycles. The first-order valence-electron chi connectivity index (χ1n) is 10.9. The zero-order valence-electron chi connectivity index (χ0n) is 19.7. The van der Waals surface area contributed by atoms with Gasteiger partial charge in [0, 0.05) is 18.2 Å². The van der Waals surface area contributed by atoms with Crippen LogP contribution in [0.4, 0.5) is 0 Å². The lowest BCUT2D eigenvalue weighted by Crippen LogP contribution is -2.37. The number of hydrogen-bond donors (Lipinski definition) is 2. The number of aromatic amines is 1. The summed E-state index contributed by atoms with van der Waals surface area (Å²) in [7, 11) is 6.47. The Balaban J connectivity index is 1.80. The highest BCUT2D eigenvalue weighted by Gasteiger charge is 2.38. The Bertz CT molecular complexity index is 1430. The van der Waals surface area contributed by atoms with E-state index < -0.39 is 11.6 Å². The van der Waals surface area contributed by atoms with Crippen LogP contribution in [0, 0.1) is 4.77 Å². The second kappa shape index (κ2) is 8.82. The van der Waals surface area contributed by atoms with Gasteiger partial charge in [-0.3, -0.25) is 19.2 Å². The van der Waals surface area contributed by atoms with Crippen molar-refractivity contribution in [1.29, 1.82) is 0 Å². The monoisotopic (exact) mass is 499 g/mol. The second-order valence-electron chi connectivity index (χ2n) is 8.22. The van der Waals surface area contributed by atoms with E-state index in [1.807, 2.05) is 18.0 Å². The Hall–Kier alpha value is -3.70. The van der Waals surface area contributed by atoms with Crippen molar-refractivity contribution in [3.63, 3.8) is 0 Å². The summed E-state index contributed by atoms with van der Waals surface area (Å²) in [5.41, 5.74) is 1.70. The van der Waals surface area contributed by atoms with Crippen LogP contribution in [0.25, 0.3) is 5.69 Å². The summed E-state index contributed by atoms with van der Waals surface area (Å²) >= 11 is 5.45. The molecule has 0 spiro atoms. The molecule has 35 heavy (non-hydrogen) atoms. The van der Waals surface area contributed by atoms with Gasteiger partial charge in [0.15, 0.2) is 16.3 Å². The van der Waals surface area contributed by atoms with Crippen LogP contribution in [0.1, 0.15) is 22.7 Å². The number of methoxy groups -OCH3 is 3. The number of nitrogens with zero attached hydrogens (tertiary/aromatic N) is 2. The molecule has 184 valence electrons. The fourth-order valence-corrected chi connectivity index (χ4v) is 5.06. The Morgan fingerprint density at radius 2 is 1.91 bits per heavy atom. The number of ether oxygens (including phenoxy) is 5. The largest absolute Gasteiger partial charge is 0.497 e. The van der Waals surface area contributed by atoms with Gasteiger partial charge in [0.2, 0.25) is 18.4 Å². The maximum absolute atomic E-state index is 13.3. The van der Waals surface area contributed by atoms with Crippen molar-refractivity contribution in [3.05, 3.63) is 56.1 Å². The van der Waals surface area contributed by atoms with Crippen molar-refractivity contribution < 1.29 is 28.8 Å². The highest BCUT2D eigenvalue weighted by Crippen LogP contribution is 2.51. The molecule has 2 aliphatic heterocycles. The molecule has 0 fully saturated rings. The molecular weight excluding hydrogens is 474 g/mol. The number of aromatic hydroxyl groups is 1. The van der Waals surface area contributed by atoms with Gasteiger partial charge in [-0.2, -0.15) is 0 Å². The average Bonchev–Trinajstić information content (AvgIpc) is 3.32. The molecule has 0 radical (unpaired) electrons. The lowest BCUT2D eigenvalue weighted by Gasteiger charge is -2.36. The molecule has 0 unspecified atom stereocenters. The van der Waals surface area contributed by atoms with Gasteiger partial charge in [0.1, 0.15) is 11.5 Å². The Labute approximate surface area is 206 Å². The fraction of sp³-hybridized carbons (Fsp3) is 0.333. The number of nitrogens with one attached hydrogen (secondary N) is 1. The second-order valence-corrected chi connectivity index (χ2v) is 8.61. The van der Waals surface area contributed by atoms with Gasteiger partial charge < -0.3 is 28.8 Å². The number of fused-ring (bicyclic) bond motifs is 2. The third-order valence-corrected chi connectivity index (χ3v) is 6.70. The number of benzene rings is 2. The van der Waals surface area contributed by atoms with Gasteiger partial charge in [-0.15, -0.1) is 0 Å². The summed E-state index contributed by atoms with van der Waals surface area (Å²) in [5, 5.41) is 11.6. The molecule has 2 aromatic carbocycles. The van der Waals surface area contributed by atoms with Crippen molar-refractivity contribution in [3.8, 4) is 40.3 Å². The SMILES string of the molecule is COc1ccc(OC)c(-n2c(O)c([C@@H]3c4c(cc5c(c4OC)OCO5)CCN3C)c(=O)[nH]c2=S)c1. The van der Waals surface area contributed by atoms with E-state index in [1.54, 1.807) is 25.3 Å². The third-order valence-electron chi connectivity index (χ3n) is 6.42. The van der Waals surface area contributed by atoms with Crippen LogP contribution < -0.4 is 29.2 Å². The predicted octanol–water partition coefficient (Wildman–Crippen LogP) is 2.93. The van der Waals surface area contributed by atoms with Crippen LogP contribution in [-0.2, 0) is 6.42 Å². The van der Waals surface area contributed by atoms with Crippen LogP contribution in [0.2, 0.25) is 0 Å². The summed E-state index contributed by atoms with van der Waals surface area (Å²) < 4.78 is 29.2. The third kappa shape index (κ3) is 3.58. The summed E-state index contributed by atoms with van der Waals surface area (Å²) in [4.78, 5) is 18.0. The minimum absolute atomic E-state index is 0.0131. The molecule has 0 bridgehead atoms. The van der Waals surface area contributed by atoms with Gasteiger partial charge >= 0.3 is 0 Å². The van der Waals surface area contributed by atoms with Crippen LogP contribution in [-0.4, -0.2) is 61.3 Å². The molecule has 2 aliphatic rings. The van der Waals surface area contributed by atoms with Gasteiger partial charge in [-0.05, 0) is 49.4 Å². The highest BCUT2D eigenvalue weighted by molar-refractivity contribution is 7.71. The molecule has 0 saturated carbocycles. The molecule has 10 nitrogen and oxygen atoms in total. The lowest BCUT2D eigenvalue weighted by molar-refractivity contribution is 0.170. The summed E-state index contributed by atoms with van der Waals surface area (Å²) in [6.45, 7) is 0.721. The van der Waals surface area contributed by atoms with E-state index in [-0.39, 0.29) is 23.0 Å². The first-order chi connectivity index (χ1) is 16.9. The van der Waals surface area contributed by atoms with E-state index >= 15 is 0 Å². The maximum Gasteiger partial charge on any atom is 0.260 e. The highest BCUT2D eigenvalue weighted by atomic mass is 32.1. The topological polar surface area (TPSA) is 107 Å². The number of H-pyrrole nitrogens is 1. The van der Waals surface area contributed by atoms with E-state index in [4.69, 9.17) is 35.9 Å². The van der Waals surface area contributed by atoms with Crippen LogP contribution in [0.5, 0.6) is 34.6 Å². The van der Waals surface area contributed by atoms with E-state index in [0.29, 0.717) is 47.4 Å². The number of rotatable bonds is 5. The van der Waals surface area contributed by atoms with Crippen LogP contribution >= 0.6 is 12.2 Å². The van der Waals surface area contributed by atoms with Crippen LogP contribution in [0.3, 0.4) is 0 Å². The van der Waals surface area contributed by atoms with Crippen molar-refractivity contribution >= 4 is 12.2 Å². The molecule has 0 saturated heterocycles. The van der Waals surface area contributed by atoms with E-state index in [1.165, 1.54) is 18.8 Å². The molecule has 3 heterocycles. The normalized spacial score (nSPS) is 16.6. The van der Waals surface area contributed by atoms with E-state index in [2.05, 4.69) is 4.98 Å². The van der Waals surface area contributed by atoms with Crippen molar-refractivity contribution in [2.24, 2.45) is 0 Å². The van der Waals surface area contributed by atoms with E-state index in [0.717, 1.165) is 11.1 Å². The zero-order chi connectivity index (χ0) is 24.9. The maximum atomic E-state index is 13.3. The van der Waals surface area contributed by atoms with Gasteiger partial charge in [-0.1, -0.05) is 0 Å². The lowest BCUT2D eigenvalue weighted by atomic mass is 9.87. The van der Waals surface area contributed by atoms with Crippen molar-refractivity contribution in [2.75, 3.05) is 41.7 Å². The van der Waals surface area contributed by atoms with Crippen molar-refractivity contribution in [2.45, 2.75) is 12.5 Å². The van der Waals surface area contributed by atoms with Crippen LogP contribution in [0.15, 0.2) is 29.1 Å². The molecule has 3 aromatic rings. The smallest absolute Gasteiger partial charge is 0.260 e. The first-order valence-corrected chi connectivity index (χ1v) is 11.3. The Kier molecular flexibility index (Phi) is 5.81. The standard InChI is InChI=1S/C24H25N3O7S/c1-26-8-7-12-9-16-20(34-11-33-16)21(32-4)17(12)19(26)18-22(28)25-24(35)27(23(18)29)14-10-13(30-2)5-6-15(14)31-3/h5-6,9-10,19,29H,7-8,11H2,1-4H3,(H,25,28,35)/t19-/m0/s1. The predicted molar refractivity (Wildman–Crippen MR) is 129 cm³/mol. The first kappa shape index (κ1) is 23.1. The number of aromatic nitrogens is 2. The Morgan fingerprint density at radius 1 is 1.11 bits per heavy atom. The summed E-state index contributed by atoms with van der Waals surface area (Å²) in [6, 6.07) is 6.37. The Morgan fingerprint density at radius 3 is 2.63 bits per heavy atom. The molecule has 11 heteroatoms. The minimum Gasteiger partial charge on any atom is -0.497 e. The van der Waals surface area contributed by atoms with E-state index in [9.17, 15) is 9.90 Å². The van der Waals surface area contributed by atoms with Gasteiger partial charge in [0.25, 0.3) is 5.56 Å². The fourth-order valence-electron chi connectivity index (χ4n) is 4.78. The molecule has 0 aliphatic carbocycles. The zero-order valence-corrected chi connectivity index (χ0v) is 20.5. The number of hydrogen-bond acceptors (Lipinski definition) is 9. The number of likely N-dealkylation sites (N-methyl/N-ethyl adjacent to an activating group) is 1. The molecule has 0 amide bonds.